The zero-order valence-corrected chi connectivity index (χ0v) is 16.0. The Labute approximate surface area is 115 Å². The van der Waals surface area contributed by atoms with Gasteiger partial charge in [-0.1, -0.05) is 35.9 Å². The first-order valence-electron chi connectivity index (χ1n) is 6.16. The summed E-state index contributed by atoms with van der Waals surface area (Å²) in [7, 11) is 0.0170. The molecule has 0 heterocycles. The highest BCUT2D eigenvalue weighted by molar-refractivity contribution is 6.90. The van der Waals surface area contributed by atoms with Crippen LogP contribution in [0.1, 0.15) is 0 Å². The molecule has 6 heteroatoms. The highest BCUT2D eigenvalue weighted by Gasteiger charge is 2.27. The van der Waals surface area contributed by atoms with Crippen molar-refractivity contribution in [3.8, 4) is 0 Å². The summed E-state index contributed by atoms with van der Waals surface area (Å²) in [6.07, 6.45) is 0. The first-order chi connectivity index (χ1) is 8.10. The van der Waals surface area contributed by atoms with Crippen LogP contribution in [0, 0.1) is 0 Å². The Hall–Kier alpha value is 0.0106. The third kappa shape index (κ3) is 6.81. The summed E-state index contributed by atoms with van der Waals surface area (Å²) >= 11 is 0. The Morgan fingerprint density at radius 1 is 0.611 bits per heavy atom. The van der Waals surface area contributed by atoms with E-state index >= 15 is 0 Å². The number of hydrogen-bond acceptors (Lipinski definition) is 3. The molecule has 18 heavy (non-hydrogen) atoms. The second-order valence-corrected chi connectivity index (χ2v) is 17.2. The minimum absolute atomic E-state index is 1.50. The van der Waals surface area contributed by atoms with Gasteiger partial charge in [0.25, 0.3) is 0 Å². The summed E-state index contributed by atoms with van der Waals surface area (Å²) < 4.78 is 16.5. The van der Waals surface area contributed by atoms with E-state index < -0.39 is 25.0 Å². The summed E-state index contributed by atoms with van der Waals surface area (Å²) in [4.78, 5) is 0. The van der Waals surface area contributed by atoms with E-state index in [0.717, 1.165) is 0 Å². The van der Waals surface area contributed by atoms with Crippen LogP contribution in [-0.4, -0.2) is 46.3 Å². The molecular formula is C12H28O3Si3. The van der Waals surface area contributed by atoms with Gasteiger partial charge in [-0.3, -0.25) is 0 Å². The molecule has 0 amide bonds. The maximum atomic E-state index is 5.53. The van der Waals surface area contributed by atoms with E-state index in [-0.39, 0.29) is 0 Å². The SMILES string of the molecule is CO[Si](C)(C)/C=C/[Si](C)(C)/C=C/[Si](C)(OC)OC. The second-order valence-electron chi connectivity index (χ2n) is 5.72. The Morgan fingerprint density at radius 3 is 1.44 bits per heavy atom. The molecule has 0 atom stereocenters. The molecule has 0 rings (SSSR count). The highest BCUT2D eigenvalue weighted by Crippen LogP contribution is 2.14. The molecule has 0 bridgehead atoms. The lowest BCUT2D eigenvalue weighted by Crippen LogP contribution is -2.35. The molecule has 0 radical (unpaired) electrons. The Balaban J connectivity index is 4.81. The first-order valence-corrected chi connectivity index (χ1v) is 14.7. The zero-order valence-electron chi connectivity index (χ0n) is 13.0. The van der Waals surface area contributed by atoms with E-state index in [0.29, 0.717) is 0 Å². The van der Waals surface area contributed by atoms with Gasteiger partial charge in [-0.2, -0.15) is 0 Å². The van der Waals surface area contributed by atoms with Crippen LogP contribution in [0.4, 0.5) is 0 Å². The van der Waals surface area contributed by atoms with Crippen LogP contribution in [0.5, 0.6) is 0 Å². The molecular weight excluding hydrogens is 276 g/mol. The molecule has 106 valence electrons. The third-order valence-corrected chi connectivity index (χ3v) is 10.2. The van der Waals surface area contributed by atoms with Crippen LogP contribution in [0.2, 0.25) is 32.7 Å². The summed E-state index contributed by atoms with van der Waals surface area (Å²) in [6.45, 7) is 11.0. The average Bonchev–Trinajstić information content (AvgIpc) is 2.34. The monoisotopic (exact) mass is 304 g/mol. The smallest absolute Gasteiger partial charge is 0.360 e. The van der Waals surface area contributed by atoms with E-state index in [1.807, 2.05) is 6.55 Å². The van der Waals surface area contributed by atoms with Gasteiger partial charge in [0.05, 0.1) is 8.07 Å². The Morgan fingerprint density at radius 2 is 1.06 bits per heavy atom. The molecule has 3 nitrogen and oxygen atoms in total. The van der Waals surface area contributed by atoms with Crippen LogP contribution in [0.15, 0.2) is 22.8 Å². The van der Waals surface area contributed by atoms with Gasteiger partial charge in [0.1, 0.15) is 0 Å². The van der Waals surface area contributed by atoms with Crippen molar-refractivity contribution < 1.29 is 13.3 Å². The van der Waals surface area contributed by atoms with Gasteiger partial charge in [0.2, 0.25) is 8.32 Å². The van der Waals surface area contributed by atoms with Crippen LogP contribution >= 0.6 is 0 Å². The molecule has 0 unspecified atom stereocenters. The molecule has 0 aliphatic rings. The first kappa shape index (κ1) is 18.0. The maximum Gasteiger partial charge on any atom is 0.360 e. The molecule has 0 saturated heterocycles. The highest BCUT2D eigenvalue weighted by atomic mass is 28.4. The van der Waals surface area contributed by atoms with Crippen LogP contribution in [-0.2, 0) is 13.3 Å². The summed E-state index contributed by atoms with van der Waals surface area (Å²) in [5.41, 5.74) is 9.06. The molecule has 0 fully saturated rings. The van der Waals surface area contributed by atoms with Crippen molar-refractivity contribution in [3.05, 3.63) is 22.8 Å². The van der Waals surface area contributed by atoms with Crippen LogP contribution in [0.25, 0.3) is 0 Å². The standard InChI is InChI=1S/C12H28O3Si3/c1-13-17(6,7)11-9-16(4,5)10-12-18(8,14-2)15-3/h9-12H,1-8H3/b11-9+,12-10+. The van der Waals surface area contributed by atoms with E-state index in [2.05, 4.69) is 49.0 Å². The molecule has 0 aliphatic heterocycles. The van der Waals surface area contributed by atoms with Crippen molar-refractivity contribution in [1.29, 1.82) is 0 Å². The number of rotatable bonds is 7. The Bertz CT molecular complexity index is 308. The van der Waals surface area contributed by atoms with Crippen molar-refractivity contribution in [2.24, 2.45) is 0 Å². The molecule has 0 N–H and O–H groups in total. The zero-order chi connectivity index (χ0) is 14.4. The predicted molar refractivity (Wildman–Crippen MR) is 85.9 cm³/mol. The van der Waals surface area contributed by atoms with Gasteiger partial charge in [0.15, 0.2) is 0 Å². The largest absolute Gasteiger partial charge is 0.417 e. The lowest BCUT2D eigenvalue weighted by molar-refractivity contribution is 0.264. The van der Waals surface area contributed by atoms with Gasteiger partial charge < -0.3 is 13.3 Å². The molecule has 0 aromatic rings. The van der Waals surface area contributed by atoms with Gasteiger partial charge in [-0.05, 0) is 19.6 Å². The normalized spacial score (nSPS) is 14.9. The van der Waals surface area contributed by atoms with Gasteiger partial charge >= 0.3 is 8.56 Å². The van der Waals surface area contributed by atoms with Gasteiger partial charge in [-0.15, -0.1) is 0 Å². The minimum Gasteiger partial charge on any atom is -0.417 e. The maximum absolute atomic E-state index is 5.53. The molecule has 0 aromatic heterocycles. The molecule has 0 spiro atoms. The fraction of sp³-hybridized carbons (Fsp3) is 0.667. The molecule has 0 aromatic carbocycles. The van der Waals surface area contributed by atoms with Crippen molar-refractivity contribution in [3.63, 3.8) is 0 Å². The van der Waals surface area contributed by atoms with Crippen molar-refractivity contribution in [1.82, 2.24) is 0 Å². The molecule has 0 aliphatic carbocycles. The lowest BCUT2D eigenvalue weighted by Gasteiger charge is -2.22. The number of hydrogen-bond donors (Lipinski definition) is 0. The van der Waals surface area contributed by atoms with E-state index in [1.54, 1.807) is 21.3 Å². The lowest BCUT2D eigenvalue weighted by atomic mass is 11.2. The fourth-order valence-corrected chi connectivity index (χ4v) is 8.06. The van der Waals surface area contributed by atoms with E-state index in [4.69, 9.17) is 13.3 Å². The van der Waals surface area contributed by atoms with Crippen molar-refractivity contribution in [2.75, 3.05) is 21.3 Å². The van der Waals surface area contributed by atoms with E-state index in [9.17, 15) is 0 Å². The Kier molecular flexibility index (Phi) is 6.98. The van der Waals surface area contributed by atoms with Crippen LogP contribution in [0.3, 0.4) is 0 Å². The minimum atomic E-state index is -2.09. The summed E-state index contributed by atoms with van der Waals surface area (Å²) in [6, 6.07) is 0. The summed E-state index contributed by atoms with van der Waals surface area (Å²) in [5.74, 6) is 0. The molecule has 0 saturated carbocycles. The fourth-order valence-electron chi connectivity index (χ4n) is 1.12. The van der Waals surface area contributed by atoms with Crippen molar-refractivity contribution >= 4 is 25.0 Å². The van der Waals surface area contributed by atoms with Gasteiger partial charge in [-0.25, -0.2) is 0 Å². The average molecular weight is 305 g/mol. The van der Waals surface area contributed by atoms with E-state index in [1.165, 1.54) is 0 Å². The second kappa shape index (κ2) is 6.97. The summed E-state index contributed by atoms with van der Waals surface area (Å²) in [5, 5.41) is 0. The van der Waals surface area contributed by atoms with Crippen molar-refractivity contribution in [2.45, 2.75) is 32.7 Å². The third-order valence-electron chi connectivity index (χ3n) is 3.07. The predicted octanol–water partition coefficient (Wildman–Crippen LogP) is 3.18. The van der Waals surface area contributed by atoms with Crippen LogP contribution < -0.4 is 0 Å². The quantitative estimate of drug-likeness (QED) is 0.676. The topological polar surface area (TPSA) is 27.7 Å². The van der Waals surface area contributed by atoms with Gasteiger partial charge in [0, 0.05) is 21.3 Å².